The number of hydrogen-bond acceptors (Lipinski definition) is 5. The number of aromatic nitrogens is 2. The maximum absolute atomic E-state index is 12.8. The van der Waals surface area contributed by atoms with E-state index in [2.05, 4.69) is 26.4 Å². The van der Waals surface area contributed by atoms with E-state index in [0.29, 0.717) is 22.9 Å². The molecule has 0 spiro atoms. The van der Waals surface area contributed by atoms with Crippen LogP contribution in [-0.2, 0) is 4.79 Å². The van der Waals surface area contributed by atoms with E-state index in [0.717, 1.165) is 12.0 Å². The normalized spacial score (nSPS) is 20.1. The summed E-state index contributed by atoms with van der Waals surface area (Å²) >= 11 is 0. The summed E-state index contributed by atoms with van der Waals surface area (Å²) in [5.74, 6) is 0.804. The number of methoxy groups -OCH3 is 1. The highest BCUT2D eigenvalue weighted by Gasteiger charge is 2.34. The van der Waals surface area contributed by atoms with Gasteiger partial charge in [0.2, 0.25) is 5.91 Å². The minimum absolute atomic E-state index is 0.0464. The fourth-order valence-corrected chi connectivity index (χ4v) is 4.00. The van der Waals surface area contributed by atoms with Crippen molar-refractivity contribution in [2.45, 2.75) is 32.6 Å². The van der Waals surface area contributed by atoms with Gasteiger partial charge in [-0.3, -0.25) is 15.4 Å². The smallest absolute Gasteiger partial charge is 0.324 e. The first-order chi connectivity index (χ1) is 16.0. The van der Waals surface area contributed by atoms with Gasteiger partial charge in [-0.25, -0.2) is 9.48 Å². The zero-order valence-corrected chi connectivity index (χ0v) is 18.8. The lowest BCUT2D eigenvalue weighted by molar-refractivity contribution is -0.130. The zero-order chi connectivity index (χ0) is 23.4. The Bertz CT molecular complexity index is 1130. The van der Waals surface area contributed by atoms with Crippen molar-refractivity contribution in [2.75, 3.05) is 17.7 Å². The Balaban J connectivity index is 1.63. The van der Waals surface area contributed by atoms with Crippen LogP contribution in [0.1, 0.15) is 26.6 Å². The average Bonchev–Trinajstić information content (AvgIpc) is 3.23. The first kappa shape index (κ1) is 22.3. The number of amides is 3. The van der Waals surface area contributed by atoms with E-state index < -0.39 is 12.3 Å². The Hall–Kier alpha value is -3.85. The Labute approximate surface area is 192 Å². The number of ether oxygens (including phenoxy) is 1. The van der Waals surface area contributed by atoms with Crippen LogP contribution in [-0.4, -0.2) is 34.9 Å². The molecule has 0 bridgehead atoms. The number of urea groups is 1. The summed E-state index contributed by atoms with van der Waals surface area (Å²) in [6.07, 6.45) is 0.127. The summed E-state index contributed by atoms with van der Waals surface area (Å²) < 4.78 is 6.89. The number of rotatable bonds is 6. The van der Waals surface area contributed by atoms with Crippen molar-refractivity contribution < 1.29 is 14.3 Å². The molecule has 2 heterocycles. The SMILES string of the molecule is CCC1C(=O)NC(n2nc(-c3ccccc3)cc2NC(=O)Nc2ccccc2OC)NC1C. The van der Waals surface area contributed by atoms with Gasteiger partial charge >= 0.3 is 6.03 Å². The predicted octanol–water partition coefficient (Wildman–Crippen LogP) is 3.79. The number of para-hydroxylation sites is 2. The summed E-state index contributed by atoms with van der Waals surface area (Å²) in [5.41, 5.74) is 2.10. The van der Waals surface area contributed by atoms with Crippen LogP contribution in [0.4, 0.5) is 16.3 Å². The molecule has 1 aromatic heterocycles. The van der Waals surface area contributed by atoms with Gasteiger partial charge in [0, 0.05) is 17.7 Å². The highest BCUT2D eigenvalue weighted by Crippen LogP contribution is 2.27. The third-order valence-corrected chi connectivity index (χ3v) is 5.73. The van der Waals surface area contributed by atoms with Gasteiger partial charge in [-0.2, -0.15) is 5.10 Å². The second kappa shape index (κ2) is 9.74. The Morgan fingerprint density at radius 1 is 1.12 bits per heavy atom. The summed E-state index contributed by atoms with van der Waals surface area (Å²) in [7, 11) is 1.54. The first-order valence-electron chi connectivity index (χ1n) is 10.9. The van der Waals surface area contributed by atoms with Crippen LogP contribution in [0.2, 0.25) is 0 Å². The average molecular weight is 449 g/mol. The Morgan fingerprint density at radius 2 is 1.85 bits per heavy atom. The molecule has 4 N–H and O–H groups in total. The maximum atomic E-state index is 12.8. The fourth-order valence-electron chi connectivity index (χ4n) is 4.00. The minimum Gasteiger partial charge on any atom is -0.495 e. The molecule has 0 saturated carbocycles. The summed E-state index contributed by atoms with van der Waals surface area (Å²) in [4.78, 5) is 25.5. The van der Waals surface area contributed by atoms with Crippen LogP contribution in [0.3, 0.4) is 0 Å². The van der Waals surface area contributed by atoms with Crippen LogP contribution < -0.4 is 26.0 Å². The third kappa shape index (κ3) is 4.83. The Kier molecular flexibility index (Phi) is 6.60. The van der Waals surface area contributed by atoms with E-state index in [1.807, 2.05) is 56.3 Å². The molecule has 0 aliphatic carbocycles. The van der Waals surface area contributed by atoms with E-state index in [1.54, 1.807) is 30.0 Å². The van der Waals surface area contributed by atoms with E-state index in [1.165, 1.54) is 0 Å². The van der Waals surface area contributed by atoms with Gasteiger partial charge in [0.15, 0.2) is 6.29 Å². The number of hydrogen-bond donors (Lipinski definition) is 4. The molecule has 33 heavy (non-hydrogen) atoms. The fraction of sp³-hybridized carbons (Fsp3) is 0.292. The lowest BCUT2D eigenvalue weighted by Crippen LogP contribution is -2.57. The van der Waals surface area contributed by atoms with Crippen molar-refractivity contribution in [3.05, 3.63) is 60.7 Å². The molecule has 1 aliphatic rings. The number of nitrogens with one attached hydrogen (secondary N) is 4. The van der Waals surface area contributed by atoms with Crippen molar-refractivity contribution in [1.82, 2.24) is 20.4 Å². The van der Waals surface area contributed by atoms with Gasteiger partial charge < -0.3 is 15.4 Å². The van der Waals surface area contributed by atoms with Crippen molar-refractivity contribution in [2.24, 2.45) is 5.92 Å². The minimum atomic E-state index is -0.602. The zero-order valence-electron chi connectivity index (χ0n) is 18.8. The van der Waals surface area contributed by atoms with Crippen molar-refractivity contribution in [3.8, 4) is 17.0 Å². The summed E-state index contributed by atoms with van der Waals surface area (Å²) in [6.45, 7) is 3.96. The lowest BCUT2D eigenvalue weighted by atomic mass is 9.95. The van der Waals surface area contributed by atoms with Gasteiger partial charge in [0.1, 0.15) is 11.6 Å². The molecule has 1 aliphatic heterocycles. The second-order valence-corrected chi connectivity index (χ2v) is 7.89. The van der Waals surface area contributed by atoms with Crippen LogP contribution in [0.25, 0.3) is 11.3 Å². The standard InChI is InChI=1S/C24H28N6O3/c1-4-17-15(2)25-23(28-22(17)31)30-21(14-19(29-30)16-10-6-5-7-11-16)27-24(32)26-18-12-8-9-13-20(18)33-3/h5-15,17,23,25H,4H2,1-3H3,(H,28,31)(H2,26,27,32). The second-order valence-electron chi connectivity index (χ2n) is 7.89. The maximum Gasteiger partial charge on any atom is 0.324 e. The van der Waals surface area contributed by atoms with Crippen molar-refractivity contribution in [3.63, 3.8) is 0 Å². The first-order valence-corrected chi connectivity index (χ1v) is 10.9. The molecule has 3 amide bonds. The molecule has 2 aromatic carbocycles. The van der Waals surface area contributed by atoms with Gasteiger partial charge in [-0.1, -0.05) is 49.4 Å². The summed E-state index contributed by atoms with van der Waals surface area (Å²) in [6, 6.07) is 18.1. The molecular weight excluding hydrogens is 420 g/mol. The number of nitrogens with zero attached hydrogens (tertiary/aromatic N) is 2. The molecule has 9 heteroatoms. The van der Waals surface area contributed by atoms with E-state index in [4.69, 9.17) is 4.74 Å². The van der Waals surface area contributed by atoms with Crippen LogP contribution in [0, 0.1) is 5.92 Å². The third-order valence-electron chi connectivity index (χ3n) is 5.73. The number of carbonyl (C=O) groups is 2. The van der Waals surface area contributed by atoms with Crippen molar-refractivity contribution >= 4 is 23.4 Å². The molecule has 172 valence electrons. The van der Waals surface area contributed by atoms with Crippen LogP contribution in [0.15, 0.2) is 60.7 Å². The van der Waals surface area contributed by atoms with Gasteiger partial charge in [-0.15, -0.1) is 0 Å². The monoisotopic (exact) mass is 448 g/mol. The van der Waals surface area contributed by atoms with E-state index in [-0.39, 0.29) is 17.9 Å². The number of anilines is 2. The van der Waals surface area contributed by atoms with Gasteiger partial charge in [0.05, 0.1) is 24.4 Å². The van der Waals surface area contributed by atoms with Gasteiger partial charge in [0.25, 0.3) is 0 Å². The highest BCUT2D eigenvalue weighted by molar-refractivity contribution is 6.00. The number of benzene rings is 2. The topological polar surface area (TPSA) is 109 Å². The Morgan fingerprint density at radius 3 is 2.55 bits per heavy atom. The molecule has 1 saturated heterocycles. The lowest BCUT2D eigenvalue weighted by Gasteiger charge is -2.35. The molecule has 3 unspecified atom stereocenters. The van der Waals surface area contributed by atoms with Crippen molar-refractivity contribution in [1.29, 1.82) is 0 Å². The predicted molar refractivity (Wildman–Crippen MR) is 127 cm³/mol. The van der Waals surface area contributed by atoms with E-state index in [9.17, 15) is 9.59 Å². The molecule has 1 fully saturated rings. The molecule has 3 atom stereocenters. The van der Waals surface area contributed by atoms with Gasteiger partial charge in [-0.05, 0) is 25.5 Å². The molecule has 9 nitrogen and oxygen atoms in total. The molecule has 0 radical (unpaired) electrons. The van der Waals surface area contributed by atoms with Crippen LogP contribution in [0.5, 0.6) is 5.75 Å². The molecule has 4 rings (SSSR count). The van der Waals surface area contributed by atoms with Crippen LogP contribution >= 0.6 is 0 Å². The number of carbonyl (C=O) groups excluding carboxylic acids is 2. The van der Waals surface area contributed by atoms with E-state index >= 15 is 0 Å². The molecule has 3 aromatic rings. The quantitative estimate of drug-likeness (QED) is 0.459. The molecular formula is C24H28N6O3. The summed E-state index contributed by atoms with van der Waals surface area (Å²) in [5, 5.41) is 16.7. The largest absolute Gasteiger partial charge is 0.495 e. The highest BCUT2D eigenvalue weighted by atomic mass is 16.5.